The second-order valence-electron chi connectivity index (χ2n) is 3.70. The highest BCUT2D eigenvalue weighted by atomic mass is 35.5. The van der Waals surface area contributed by atoms with Crippen LogP contribution in [0.1, 0.15) is 11.1 Å². The summed E-state index contributed by atoms with van der Waals surface area (Å²) in [7, 11) is 2.68. The van der Waals surface area contributed by atoms with Gasteiger partial charge in [-0.2, -0.15) is 0 Å². The Bertz CT molecular complexity index is 565. The summed E-state index contributed by atoms with van der Waals surface area (Å²) in [5, 5.41) is 1.29. The van der Waals surface area contributed by atoms with Crippen molar-refractivity contribution >= 4 is 37.3 Å². The first-order valence-corrected chi connectivity index (χ1v) is 7.39. The topological polar surface area (TPSA) is 20.3 Å². The molecule has 82 valence electrons. The van der Waals surface area contributed by atoms with Crippen molar-refractivity contribution in [3.05, 3.63) is 50.0 Å². The minimum Gasteiger partial charge on any atom is -0.353 e. The van der Waals surface area contributed by atoms with Gasteiger partial charge < -0.3 is 4.90 Å². The summed E-state index contributed by atoms with van der Waals surface area (Å²) >= 11 is 6.00. The Morgan fingerprint density at radius 3 is 2.25 bits per heavy atom. The lowest BCUT2D eigenvalue weighted by Crippen LogP contribution is -2.14. The second-order valence-corrected chi connectivity index (χ2v) is 6.17. The van der Waals surface area contributed by atoms with E-state index in [0.717, 1.165) is 18.1 Å². The summed E-state index contributed by atoms with van der Waals surface area (Å²) in [6, 6.07) is 8.33. The molecule has 0 spiro atoms. The number of nitrogens with zero attached hydrogens (tertiary/aromatic N) is 1. The highest BCUT2D eigenvalue weighted by Gasteiger charge is 2.22. The fourth-order valence-electron chi connectivity index (χ4n) is 1.91. The maximum atomic E-state index is 11.3. The average Bonchev–Trinajstić information content (AvgIpc) is 2.84. The predicted molar refractivity (Wildman–Crippen MR) is 69.8 cm³/mol. The summed E-state index contributed by atoms with van der Waals surface area (Å²) in [5.41, 5.74) is 2.65. The van der Waals surface area contributed by atoms with E-state index in [1.807, 2.05) is 12.1 Å². The van der Waals surface area contributed by atoms with E-state index in [2.05, 4.69) is 17.0 Å². The van der Waals surface area contributed by atoms with Crippen molar-refractivity contribution in [3.63, 3.8) is 0 Å². The Hall–Kier alpha value is -0.840. The van der Waals surface area contributed by atoms with Crippen LogP contribution in [0.3, 0.4) is 0 Å². The number of anilines is 1. The molecule has 0 saturated carbocycles. The molecule has 5 heteroatoms. The SMILES string of the molecule is O=c1ssc(N2Cc3ccccc3C2)c1Cl. The molecule has 0 radical (unpaired) electrons. The van der Waals surface area contributed by atoms with Crippen molar-refractivity contribution < 1.29 is 0 Å². The zero-order valence-electron chi connectivity index (χ0n) is 8.27. The van der Waals surface area contributed by atoms with Crippen LogP contribution in [0.15, 0.2) is 29.1 Å². The molecule has 1 aliphatic heterocycles. The maximum Gasteiger partial charge on any atom is 0.263 e. The van der Waals surface area contributed by atoms with Gasteiger partial charge in [0.2, 0.25) is 0 Å². The van der Waals surface area contributed by atoms with Gasteiger partial charge in [-0.05, 0) is 21.5 Å². The van der Waals surface area contributed by atoms with Gasteiger partial charge in [0.1, 0.15) is 10.0 Å². The number of halogens is 1. The Morgan fingerprint density at radius 1 is 1.12 bits per heavy atom. The minimum atomic E-state index is -0.0300. The maximum absolute atomic E-state index is 11.3. The molecule has 0 saturated heterocycles. The van der Waals surface area contributed by atoms with Gasteiger partial charge >= 0.3 is 0 Å². The quantitative estimate of drug-likeness (QED) is 0.740. The number of rotatable bonds is 1. The largest absolute Gasteiger partial charge is 0.353 e. The van der Waals surface area contributed by atoms with Crippen LogP contribution in [0.4, 0.5) is 5.00 Å². The zero-order chi connectivity index (χ0) is 11.1. The molecule has 2 heterocycles. The van der Waals surface area contributed by atoms with Crippen molar-refractivity contribution in [3.8, 4) is 0 Å². The van der Waals surface area contributed by atoms with Gasteiger partial charge in [-0.15, -0.1) is 0 Å². The predicted octanol–water partition coefficient (Wildman–Crippen LogP) is 3.34. The average molecular weight is 270 g/mol. The summed E-state index contributed by atoms with van der Waals surface area (Å²) in [6.07, 6.45) is 0. The number of benzene rings is 1. The fourth-order valence-corrected chi connectivity index (χ4v) is 4.60. The van der Waals surface area contributed by atoms with Crippen molar-refractivity contribution in [1.82, 2.24) is 0 Å². The van der Waals surface area contributed by atoms with E-state index in [4.69, 9.17) is 11.6 Å². The van der Waals surface area contributed by atoms with Gasteiger partial charge in [0.25, 0.3) is 4.74 Å². The Balaban J connectivity index is 1.97. The fraction of sp³-hybridized carbons (Fsp3) is 0.182. The van der Waals surface area contributed by atoms with Crippen molar-refractivity contribution in [2.75, 3.05) is 4.90 Å². The Labute approximate surface area is 105 Å². The number of hydrogen-bond donors (Lipinski definition) is 0. The number of fused-ring (bicyclic) bond motifs is 1. The van der Waals surface area contributed by atoms with Gasteiger partial charge in [0.15, 0.2) is 0 Å². The van der Waals surface area contributed by atoms with Crippen LogP contribution in [-0.4, -0.2) is 0 Å². The summed E-state index contributed by atoms with van der Waals surface area (Å²) < 4.78 is -0.0300. The van der Waals surface area contributed by atoms with Gasteiger partial charge in [-0.1, -0.05) is 46.2 Å². The molecular weight excluding hydrogens is 262 g/mol. The monoisotopic (exact) mass is 269 g/mol. The minimum absolute atomic E-state index is 0.0300. The lowest BCUT2D eigenvalue weighted by Gasteiger charge is -2.14. The molecule has 0 amide bonds. The van der Waals surface area contributed by atoms with E-state index in [1.54, 1.807) is 0 Å². The molecule has 2 nitrogen and oxygen atoms in total. The van der Waals surface area contributed by atoms with E-state index >= 15 is 0 Å². The third-order valence-electron chi connectivity index (χ3n) is 2.69. The highest BCUT2D eigenvalue weighted by molar-refractivity contribution is 7.70. The molecule has 1 aromatic carbocycles. The van der Waals surface area contributed by atoms with Crippen LogP contribution in [-0.2, 0) is 13.1 Å². The van der Waals surface area contributed by atoms with Crippen molar-refractivity contribution in [2.24, 2.45) is 0 Å². The molecule has 0 atom stereocenters. The molecule has 1 aromatic heterocycles. The summed E-state index contributed by atoms with van der Waals surface area (Å²) in [6.45, 7) is 1.70. The molecule has 2 aromatic rings. The van der Waals surface area contributed by atoms with E-state index in [-0.39, 0.29) is 4.74 Å². The summed E-state index contributed by atoms with van der Waals surface area (Å²) in [5.74, 6) is 0. The molecule has 0 fully saturated rings. The van der Waals surface area contributed by atoms with Gasteiger partial charge in [0.05, 0.1) is 0 Å². The Kier molecular flexibility index (Phi) is 2.50. The lowest BCUT2D eigenvalue weighted by atomic mass is 10.1. The molecule has 0 aliphatic carbocycles. The first-order valence-electron chi connectivity index (χ1n) is 4.86. The zero-order valence-corrected chi connectivity index (χ0v) is 10.7. The van der Waals surface area contributed by atoms with Gasteiger partial charge in [-0.25, -0.2) is 0 Å². The third kappa shape index (κ3) is 1.57. The van der Waals surface area contributed by atoms with Crippen LogP contribution in [0.25, 0.3) is 0 Å². The van der Waals surface area contributed by atoms with Crippen LogP contribution in [0.5, 0.6) is 0 Å². The molecule has 0 N–H and O–H groups in total. The van der Waals surface area contributed by atoms with E-state index in [0.29, 0.717) is 5.02 Å². The molecule has 1 aliphatic rings. The van der Waals surface area contributed by atoms with Crippen LogP contribution >= 0.6 is 32.3 Å². The molecule has 3 rings (SSSR count). The third-order valence-corrected chi connectivity index (χ3v) is 5.50. The van der Waals surface area contributed by atoms with Crippen LogP contribution in [0, 0.1) is 0 Å². The molecule has 0 unspecified atom stereocenters. The summed E-state index contributed by atoms with van der Waals surface area (Å²) in [4.78, 5) is 13.5. The molecular formula is C11H8ClNOS2. The highest BCUT2D eigenvalue weighted by Crippen LogP contribution is 2.36. The van der Waals surface area contributed by atoms with Crippen LogP contribution in [0.2, 0.25) is 5.02 Å². The van der Waals surface area contributed by atoms with Crippen LogP contribution < -0.4 is 9.64 Å². The standard InChI is InChI=1S/C11H8ClNOS2/c12-9-10(15-16-11(9)14)13-5-7-3-1-2-4-8(7)6-13/h1-4H,5-6H2. The second kappa shape index (κ2) is 3.87. The number of hydrogen-bond acceptors (Lipinski definition) is 4. The smallest absolute Gasteiger partial charge is 0.263 e. The van der Waals surface area contributed by atoms with E-state index < -0.39 is 0 Å². The lowest BCUT2D eigenvalue weighted by molar-refractivity contribution is 0.892. The first-order chi connectivity index (χ1) is 7.75. The normalized spacial score (nSPS) is 14.2. The van der Waals surface area contributed by atoms with Crippen molar-refractivity contribution in [1.29, 1.82) is 0 Å². The first kappa shape index (κ1) is 10.3. The van der Waals surface area contributed by atoms with E-state index in [1.165, 1.54) is 31.8 Å². The Morgan fingerprint density at radius 2 is 1.75 bits per heavy atom. The molecule has 16 heavy (non-hydrogen) atoms. The van der Waals surface area contributed by atoms with Gasteiger partial charge in [0, 0.05) is 13.1 Å². The van der Waals surface area contributed by atoms with Crippen molar-refractivity contribution in [2.45, 2.75) is 13.1 Å². The molecule has 0 bridgehead atoms. The van der Waals surface area contributed by atoms with Gasteiger partial charge in [-0.3, -0.25) is 4.79 Å². The van der Waals surface area contributed by atoms with E-state index in [9.17, 15) is 4.79 Å².